The lowest BCUT2D eigenvalue weighted by molar-refractivity contribution is 0.531. The largest absolute Gasteiger partial charge is 0.131 e. The topological polar surface area (TPSA) is 0 Å². The van der Waals surface area contributed by atoms with Gasteiger partial charge in [-0.2, -0.15) is 0 Å². The third kappa shape index (κ3) is 4.55. The molecule has 0 fully saturated rings. The van der Waals surface area contributed by atoms with E-state index in [1.165, 1.54) is 19.3 Å². The molecule has 9 heavy (non-hydrogen) atoms. The molecule has 1 unspecified atom stereocenters. The second-order valence-electron chi connectivity index (χ2n) is 2.42. The Bertz CT molecular complexity index is 51.7. The summed E-state index contributed by atoms with van der Waals surface area (Å²) >= 11 is 0. The molecule has 0 radical (unpaired) electrons. The minimum atomic E-state index is 0. The van der Waals surface area contributed by atoms with Gasteiger partial charge in [-0.05, 0) is 24.4 Å². The Kier molecular flexibility index (Phi) is 8.41. The second-order valence-corrected chi connectivity index (χ2v) is 3.65. The fourth-order valence-corrected chi connectivity index (χ4v) is 0.750. The maximum atomic E-state index is 2.94. The highest BCUT2D eigenvalue weighted by atomic mass is 127. The smallest absolute Gasteiger partial charge is 0.0158 e. The summed E-state index contributed by atoms with van der Waals surface area (Å²) in [6, 6.07) is 0. The van der Waals surface area contributed by atoms with Crippen LogP contribution in [0.2, 0.25) is 0 Å². The molecule has 0 saturated carbocycles. The summed E-state index contributed by atoms with van der Waals surface area (Å²) in [5.41, 5.74) is 0. The van der Waals surface area contributed by atoms with Crippen LogP contribution in [0.4, 0.5) is 0 Å². The van der Waals surface area contributed by atoms with E-state index in [1.807, 2.05) is 0 Å². The van der Waals surface area contributed by atoms with Gasteiger partial charge in [0.25, 0.3) is 0 Å². The Labute approximate surface area is 78.4 Å². The molecule has 58 valence electrons. The average Bonchev–Trinajstić information content (AvgIpc) is 1.87. The Morgan fingerprint density at radius 3 is 1.22 bits per heavy atom. The molecule has 2 heteroatoms. The van der Waals surface area contributed by atoms with Gasteiger partial charge in [-0.3, -0.25) is 0 Å². The average molecular weight is 260 g/mol. The highest BCUT2D eigenvalue weighted by molar-refractivity contribution is 14.0. The van der Waals surface area contributed by atoms with Gasteiger partial charge in [-0.1, -0.05) is 20.8 Å². The Hall–Kier alpha value is 1.16. The van der Waals surface area contributed by atoms with E-state index < -0.39 is 0 Å². The molecule has 0 aromatic carbocycles. The zero-order valence-corrected chi connectivity index (χ0v) is 10.1. The summed E-state index contributed by atoms with van der Waals surface area (Å²) in [6.45, 7) is 6.75. The zero-order chi connectivity index (χ0) is 6.62. The molecule has 0 aromatic rings. The number of halogens is 1. The lowest BCUT2D eigenvalue weighted by Crippen LogP contribution is -2.15. The molecule has 0 nitrogen and oxygen atoms in total. The van der Waals surface area contributed by atoms with Crippen molar-refractivity contribution in [3.05, 3.63) is 0 Å². The molecule has 1 atom stereocenters. The van der Waals surface area contributed by atoms with Crippen LogP contribution in [-0.4, -0.2) is 5.16 Å². The maximum Gasteiger partial charge on any atom is -0.0158 e. The first-order chi connectivity index (χ1) is 3.68. The number of hydrogen-bond donors (Lipinski definition) is 0. The van der Waals surface area contributed by atoms with E-state index in [0.717, 1.165) is 0 Å². The van der Waals surface area contributed by atoms with E-state index in [2.05, 4.69) is 30.0 Å². The summed E-state index contributed by atoms with van der Waals surface area (Å²) in [5.74, 6) is 0. The lowest BCUT2D eigenvalue weighted by atomic mass is 9.99. The molecule has 0 aromatic heterocycles. The second kappa shape index (κ2) is 5.91. The molecule has 0 spiro atoms. The molecule has 0 aliphatic heterocycles. The van der Waals surface area contributed by atoms with E-state index in [4.69, 9.17) is 0 Å². The maximum absolute atomic E-state index is 2.94. The summed E-state index contributed by atoms with van der Waals surface area (Å²) in [7, 11) is 2.94. The Morgan fingerprint density at radius 2 is 1.22 bits per heavy atom. The minimum absolute atomic E-state index is 0. The summed E-state index contributed by atoms with van der Waals surface area (Å²) in [4.78, 5) is 0. The van der Waals surface area contributed by atoms with E-state index >= 15 is 0 Å². The Morgan fingerprint density at radius 1 is 1.00 bits per heavy atom. The van der Waals surface area contributed by atoms with Crippen molar-refractivity contribution in [2.75, 3.05) is 0 Å². The number of rotatable bonds is 3. The van der Waals surface area contributed by atoms with Crippen LogP contribution < -0.4 is 0 Å². The fourth-order valence-electron chi connectivity index (χ4n) is 0.750. The summed E-state index contributed by atoms with van der Waals surface area (Å²) in [5, 5.41) is 0.542. The molecule has 0 heterocycles. The van der Waals surface area contributed by atoms with Gasteiger partial charge >= 0.3 is 0 Å². The molecule has 0 aliphatic rings. The van der Waals surface area contributed by atoms with Gasteiger partial charge in [0, 0.05) is 0 Å². The van der Waals surface area contributed by atoms with Crippen molar-refractivity contribution in [1.82, 2.24) is 0 Å². The third-order valence-corrected chi connectivity index (χ3v) is 3.34. The molecule has 0 N–H and O–H groups in total. The van der Waals surface area contributed by atoms with Gasteiger partial charge in [-0.15, -0.1) is 33.2 Å². The molecule has 0 aliphatic carbocycles. The highest BCUT2D eigenvalue weighted by Crippen LogP contribution is 2.29. The third-order valence-electron chi connectivity index (χ3n) is 2.11. The lowest BCUT2D eigenvalue weighted by Gasteiger charge is -2.23. The van der Waals surface area contributed by atoms with Gasteiger partial charge in [0.15, 0.2) is 0 Å². The minimum Gasteiger partial charge on any atom is -0.131 e. The SMILES string of the molecule is CCC(P)(CC)CC.I. The molecular formula is C7H18IP. The highest BCUT2D eigenvalue weighted by Gasteiger charge is 2.15. The molecule has 0 bridgehead atoms. The first kappa shape index (κ1) is 12.8. The summed E-state index contributed by atoms with van der Waals surface area (Å²) in [6.07, 6.45) is 3.85. The van der Waals surface area contributed by atoms with Crippen molar-refractivity contribution in [3.8, 4) is 0 Å². The van der Waals surface area contributed by atoms with Crippen LogP contribution in [-0.2, 0) is 0 Å². The van der Waals surface area contributed by atoms with Gasteiger partial charge in [0.2, 0.25) is 0 Å². The van der Waals surface area contributed by atoms with Crippen LogP contribution in [0.25, 0.3) is 0 Å². The van der Waals surface area contributed by atoms with Gasteiger partial charge in [0.1, 0.15) is 0 Å². The van der Waals surface area contributed by atoms with Gasteiger partial charge < -0.3 is 0 Å². The predicted octanol–water partition coefficient (Wildman–Crippen LogP) is 3.45. The van der Waals surface area contributed by atoms with Crippen LogP contribution in [0.3, 0.4) is 0 Å². The molecule has 0 amide bonds. The van der Waals surface area contributed by atoms with Crippen molar-refractivity contribution >= 4 is 33.2 Å². The van der Waals surface area contributed by atoms with Crippen molar-refractivity contribution in [2.45, 2.75) is 45.2 Å². The van der Waals surface area contributed by atoms with Crippen molar-refractivity contribution in [2.24, 2.45) is 0 Å². The first-order valence-corrected chi connectivity index (χ1v) is 4.05. The fraction of sp³-hybridized carbons (Fsp3) is 1.00. The van der Waals surface area contributed by atoms with Gasteiger partial charge in [-0.25, -0.2) is 0 Å². The van der Waals surface area contributed by atoms with Crippen molar-refractivity contribution in [3.63, 3.8) is 0 Å². The summed E-state index contributed by atoms with van der Waals surface area (Å²) < 4.78 is 0. The molecular weight excluding hydrogens is 242 g/mol. The van der Waals surface area contributed by atoms with Crippen LogP contribution in [0.1, 0.15) is 40.0 Å². The normalized spacial score (nSPS) is 10.7. The van der Waals surface area contributed by atoms with E-state index in [0.29, 0.717) is 5.16 Å². The quantitative estimate of drug-likeness (QED) is 0.538. The van der Waals surface area contributed by atoms with Crippen molar-refractivity contribution < 1.29 is 0 Å². The van der Waals surface area contributed by atoms with Crippen molar-refractivity contribution in [1.29, 1.82) is 0 Å². The Balaban J connectivity index is 0. The van der Waals surface area contributed by atoms with E-state index in [-0.39, 0.29) is 24.0 Å². The van der Waals surface area contributed by atoms with Crippen LogP contribution >= 0.6 is 33.2 Å². The monoisotopic (exact) mass is 260 g/mol. The van der Waals surface area contributed by atoms with E-state index in [9.17, 15) is 0 Å². The van der Waals surface area contributed by atoms with Crippen LogP contribution in [0.5, 0.6) is 0 Å². The van der Waals surface area contributed by atoms with Crippen LogP contribution in [0.15, 0.2) is 0 Å². The van der Waals surface area contributed by atoms with E-state index in [1.54, 1.807) is 0 Å². The standard InChI is InChI=1S/C7H17P.HI/c1-4-7(8,5-2)6-3;/h4-6,8H2,1-3H3;1H. The molecule has 0 saturated heterocycles. The van der Waals surface area contributed by atoms with Crippen LogP contribution in [0, 0.1) is 0 Å². The molecule has 0 rings (SSSR count). The number of hydrogen-bond acceptors (Lipinski definition) is 0. The zero-order valence-electron chi connectivity index (χ0n) is 6.61. The van der Waals surface area contributed by atoms with Gasteiger partial charge in [0.05, 0.1) is 0 Å². The first-order valence-electron chi connectivity index (χ1n) is 3.47. The predicted molar refractivity (Wildman–Crippen MR) is 58.7 cm³/mol.